The van der Waals surface area contributed by atoms with Crippen molar-refractivity contribution >= 4 is 49.9 Å². The molecule has 0 aromatic heterocycles. The molecule has 0 unspecified atom stereocenters. The summed E-state index contributed by atoms with van der Waals surface area (Å²) in [4.78, 5) is 0.124. The summed E-state index contributed by atoms with van der Waals surface area (Å²) in [7, 11) is -3.74. The average Bonchev–Trinajstić information content (AvgIpc) is 2.36. The van der Waals surface area contributed by atoms with Crippen LogP contribution in [0, 0.1) is 16.3 Å². The monoisotopic (exact) mass is 425 g/mol. The highest BCUT2D eigenvalue weighted by atomic mass is 127. The zero-order chi connectivity index (χ0) is 14.9. The molecule has 3 nitrogen and oxygen atoms in total. The zero-order valence-corrected chi connectivity index (χ0v) is 14.1. The van der Waals surface area contributed by atoms with Crippen LogP contribution in [-0.2, 0) is 10.0 Å². The first kappa shape index (κ1) is 15.5. The van der Waals surface area contributed by atoms with E-state index in [0.29, 0.717) is 0 Å². The van der Waals surface area contributed by atoms with Gasteiger partial charge in [0.05, 0.1) is 19.2 Å². The molecule has 2 rings (SSSR count). The molecule has 0 fully saturated rings. The highest BCUT2D eigenvalue weighted by Gasteiger charge is 2.16. The fourth-order valence-corrected chi connectivity index (χ4v) is 3.31. The van der Waals surface area contributed by atoms with Crippen LogP contribution < -0.4 is 4.72 Å². The van der Waals surface area contributed by atoms with Crippen molar-refractivity contribution in [1.29, 1.82) is 0 Å². The summed E-state index contributed by atoms with van der Waals surface area (Å²) in [6.45, 7) is 1.86. The molecule has 0 saturated heterocycles. The van der Waals surface area contributed by atoms with Gasteiger partial charge in [-0.3, -0.25) is 4.72 Å². The third-order valence-electron chi connectivity index (χ3n) is 2.59. The Labute approximate surface area is 135 Å². The lowest BCUT2D eigenvalue weighted by molar-refractivity contribution is 0.601. The number of aryl methyl sites for hydroxylation is 1. The molecular weight excluding hydrogens is 416 g/mol. The Balaban J connectivity index is 2.38. The van der Waals surface area contributed by atoms with Crippen molar-refractivity contribution in [2.45, 2.75) is 11.8 Å². The molecular formula is C13H10ClFINO2S. The molecule has 0 heterocycles. The van der Waals surface area contributed by atoms with Crippen LogP contribution in [0.25, 0.3) is 0 Å². The smallest absolute Gasteiger partial charge is 0.261 e. The predicted molar refractivity (Wildman–Crippen MR) is 86.1 cm³/mol. The van der Waals surface area contributed by atoms with Crippen LogP contribution in [0.2, 0.25) is 5.02 Å². The Morgan fingerprint density at radius 2 is 1.80 bits per heavy atom. The van der Waals surface area contributed by atoms with Gasteiger partial charge in [0.2, 0.25) is 0 Å². The number of hydrogen-bond donors (Lipinski definition) is 1. The van der Waals surface area contributed by atoms with Gasteiger partial charge < -0.3 is 0 Å². The second-order valence-electron chi connectivity index (χ2n) is 4.16. The molecule has 0 spiro atoms. The van der Waals surface area contributed by atoms with Crippen LogP contribution in [-0.4, -0.2) is 8.42 Å². The van der Waals surface area contributed by atoms with E-state index in [9.17, 15) is 12.8 Å². The summed E-state index contributed by atoms with van der Waals surface area (Å²) in [5.74, 6) is -0.492. The van der Waals surface area contributed by atoms with E-state index < -0.39 is 15.8 Å². The number of halogens is 3. The molecule has 0 aliphatic carbocycles. The van der Waals surface area contributed by atoms with Crippen LogP contribution >= 0.6 is 34.2 Å². The molecule has 0 saturated carbocycles. The highest BCUT2D eigenvalue weighted by molar-refractivity contribution is 14.1. The van der Waals surface area contributed by atoms with Crippen molar-refractivity contribution in [3.05, 3.63) is 56.4 Å². The Bertz CT molecular complexity index is 748. The fraction of sp³-hybridized carbons (Fsp3) is 0.0769. The molecule has 2 aromatic rings. The SMILES string of the molecule is Cc1ccc(S(=O)(=O)Nc2cc(I)c(F)cc2Cl)cc1. The summed E-state index contributed by atoms with van der Waals surface area (Å²) < 4.78 is 40.3. The van der Waals surface area contributed by atoms with E-state index in [1.54, 1.807) is 34.7 Å². The van der Waals surface area contributed by atoms with E-state index >= 15 is 0 Å². The Hall–Kier alpha value is -0.860. The Morgan fingerprint density at radius 3 is 2.40 bits per heavy atom. The molecule has 0 atom stereocenters. The number of rotatable bonds is 3. The lowest BCUT2D eigenvalue weighted by Gasteiger charge is -2.10. The summed E-state index contributed by atoms with van der Waals surface area (Å²) in [5.41, 5.74) is 1.11. The molecule has 7 heteroatoms. The van der Waals surface area contributed by atoms with Crippen molar-refractivity contribution in [2.75, 3.05) is 4.72 Å². The van der Waals surface area contributed by atoms with Gasteiger partial charge in [-0.25, -0.2) is 12.8 Å². The Morgan fingerprint density at radius 1 is 1.20 bits per heavy atom. The van der Waals surface area contributed by atoms with Crippen molar-refractivity contribution in [3.63, 3.8) is 0 Å². The van der Waals surface area contributed by atoms with Gasteiger partial charge in [-0.05, 0) is 53.8 Å². The first-order chi connectivity index (χ1) is 9.29. The molecule has 0 aliphatic rings. The molecule has 0 amide bonds. The van der Waals surface area contributed by atoms with Gasteiger partial charge in [-0.15, -0.1) is 0 Å². The van der Waals surface area contributed by atoms with E-state index in [1.807, 2.05) is 6.92 Å². The zero-order valence-electron chi connectivity index (χ0n) is 10.3. The van der Waals surface area contributed by atoms with Crippen LogP contribution in [0.4, 0.5) is 10.1 Å². The first-order valence-corrected chi connectivity index (χ1v) is 8.47. The van der Waals surface area contributed by atoms with Crippen molar-refractivity contribution in [1.82, 2.24) is 0 Å². The van der Waals surface area contributed by atoms with Gasteiger partial charge >= 0.3 is 0 Å². The van der Waals surface area contributed by atoms with Crippen LogP contribution in [0.5, 0.6) is 0 Å². The minimum absolute atomic E-state index is 0.0126. The summed E-state index contributed by atoms with van der Waals surface area (Å²) >= 11 is 7.62. The number of benzene rings is 2. The summed E-state index contributed by atoms with van der Waals surface area (Å²) in [6, 6.07) is 8.83. The third kappa shape index (κ3) is 3.42. The quantitative estimate of drug-likeness (QED) is 0.592. The topological polar surface area (TPSA) is 46.2 Å². The number of anilines is 1. The third-order valence-corrected chi connectivity index (χ3v) is 5.11. The number of hydrogen-bond acceptors (Lipinski definition) is 2. The maximum atomic E-state index is 13.3. The lowest BCUT2D eigenvalue weighted by atomic mass is 10.2. The van der Waals surface area contributed by atoms with E-state index in [0.717, 1.165) is 11.6 Å². The molecule has 106 valence electrons. The van der Waals surface area contributed by atoms with Gasteiger partial charge in [0, 0.05) is 0 Å². The normalized spacial score (nSPS) is 11.4. The van der Waals surface area contributed by atoms with Crippen molar-refractivity contribution in [2.24, 2.45) is 0 Å². The lowest BCUT2D eigenvalue weighted by Crippen LogP contribution is -2.13. The van der Waals surface area contributed by atoms with Gasteiger partial charge in [-0.2, -0.15) is 0 Å². The number of sulfonamides is 1. The first-order valence-electron chi connectivity index (χ1n) is 5.53. The van der Waals surface area contributed by atoms with E-state index in [1.165, 1.54) is 18.2 Å². The van der Waals surface area contributed by atoms with Crippen molar-refractivity contribution < 1.29 is 12.8 Å². The van der Waals surface area contributed by atoms with Gasteiger partial charge in [0.25, 0.3) is 10.0 Å². The molecule has 0 radical (unpaired) electrons. The van der Waals surface area contributed by atoms with E-state index in [-0.39, 0.29) is 19.2 Å². The van der Waals surface area contributed by atoms with Gasteiger partial charge in [0.1, 0.15) is 5.82 Å². The second kappa shape index (κ2) is 5.87. The fourth-order valence-electron chi connectivity index (χ4n) is 1.52. The van der Waals surface area contributed by atoms with Crippen LogP contribution in [0.1, 0.15) is 5.56 Å². The minimum Gasteiger partial charge on any atom is -0.278 e. The largest absolute Gasteiger partial charge is 0.278 e. The van der Waals surface area contributed by atoms with E-state index in [2.05, 4.69) is 4.72 Å². The molecule has 0 aliphatic heterocycles. The molecule has 2 aromatic carbocycles. The summed E-state index contributed by atoms with van der Waals surface area (Å²) in [6.07, 6.45) is 0. The molecule has 1 N–H and O–H groups in total. The number of nitrogens with one attached hydrogen (secondary N) is 1. The van der Waals surface area contributed by atoms with Gasteiger partial charge in [-0.1, -0.05) is 29.3 Å². The maximum absolute atomic E-state index is 13.3. The maximum Gasteiger partial charge on any atom is 0.261 e. The summed E-state index contributed by atoms with van der Waals surface area (Å²) in [5, 5.41) is 0.0126. The van der Waals surface area contributed by atoms with Crippen LogP contribution in [0.3, 0.4) is 0 Å². The molecule has 20 heavy (non-hydrogen) atoms. The minimum atomic E-state index is -3.74. The van der Waals surface area contributed by atoms with E-state index in [4.69, 9.17) is 11.6 Å². The highest BCUT2D eigenvalue weighted by Crippen LogP contribution is 2.28. The van der Waals surface area contributed by atoms with Crippen molar-refractivity contribution in [3.8, 4) is 0 Å². The second-order valence-corrected chi connectivity index (χ2v) is 7.42. The molecule has 0 bridgehead atoms. The Kier molecular flexibility index (Phi) is 4.55. The predicted octanol–water partition coefficient (Wildman–Crippen LogP) is 4.19. The van der Waals surface area contributed by atoms with Crippen LogP contribution in [0.15, 0.2) is 41.3 Å². The average molecular weight is 426 g/mol. The van der Waals surface area contributed by atoms with Gasteiger partial charge in [0.15, 0.2) is 0 Å². The standard InChI is InChI=1S/C13H10ClFINO2S/c1-8-2-4-9(5-3-8)20(18,19)17-13-7-12(16)11(15)6-10(13)14/h2-7,17H,1H3.